The molecule has 1 N–H and O–H groups in total. The standard InChI is InChI=1S/C15H10O2/c1-2-11-10-13(8-9-14(11)15(16)17)12-6-4-3-5-7-12/h1,3-10H,(H,16,17). The third kappa shape index (κ3) is 2.19. The zero-order valence-electron chi connectivity index (χ0n) is 9.05. The molecule has 0 aliphatic carbocycles. The lowest BCUT2D eigenvalue weighted by Gasteiger charge is -2.04. The van der Waals surface area contributed by atoms with Gasteiger partial charge in [0, 0.05) is 5.56 Å². The second kappa shape index (κ2) is 4.54. The highest BCUT2D eigenvalue weighted by molar-refractivity contribution is 5.91. The van der Waals surface area contributed by atoms with Crippen LogP contribution in [-0.4, -0.2) is 11.1 Å². The van der Waals surface area contributed by atoms with E-state index in [0.717, 1.165) is 11.1 Å². The Morgan fingerprint density at radius 2 is 1.76 bits per heavy atom. The van der Waals surface area contributed by atoms with Gasteiger partial charge in [0.25, 0.3) is 0 Å². The summed E-state index contributed by atoms with van der Waals surface area (Å²) in [6.45, 7) is 0. The first-order valence-corrected chi connectivity index (χ1v) is 5.12. The molecule has 82 valence electrons. The predicted octanol–water partition coefficient (Wildman–Crippen LogP) is 3.03. The second-order valence-electron chi connectivity index (χ2n) is 3.58. The highest BCUT2D eigenvalue weighted by Crippen LogP contribution is 2.22. The number of benzene rings is 2. The molecule has 0 aliphatic heterocycles. The molecule has 0 amide bonds. The van der Waals surface area contributed by atoms with Gasteiger partial charge in [0.2, 0.25) is 0 Å². The first-order valence-electron chi connectivity index (χ1n) is 5.12. The van der Waals surface area contributed by atoms with Gasteiger partial charge in [0.15, 0.2) is 0 Å². The number of hydrogen-bond donors (Lipinski definition) is 1. The Balaban J connectivity index is 2.54. The minimum Gasteiger partial charge on any atom is -0.478 e. The number of aromatic carboxylic acids is 1. The van der Waals surface area contributed by atoms with Crippen molar-refractivity contribution < 1.29 is 9.90 Å². The summed E-state index contributed by atoms with van der Waals surface area (Å²) in [6.07, 6.45) is 5.32. The molecule has 0 radical (unpaired) electrons. The number of terminal acetylenes is 1. The van der Waals surface area contributed by atoms with Crippen molar-refractivity contribution in [3.05, 3.63) is 59.7 Å². The van der Waals surface area contributed by atoms with Crippen molar-refractivity contribution >= 4 is 5.97 Å². The van der Waals surface area contributed by atoms with Crippen molar-refractivity contribution in [2.75, 3.05) is 0 Å². The van der Waals surface area contributed by atoms with E-state index in [1.54, 1.807) is 18.2 Å². The topological polar surface area (TPSA) is 37.3 Å². The van der Waals surface area contributed by atoms with Crippen LogP contribution in [0.5, 0.6) is 0 Å². The summed E-state index contributed by atoms with van der Waals surface area (Å²) in [5.41, 5.74) is 2.50. The zero-order valence-corrected chi connectivity index (χ0v) is 9.05. The van der Waals surface area contributed by atoms with Crippen LogP contribution in [0.1, 0.15) is 15.9 Å². The summed E-state index contributed by atoms with van der Waals surface area (Å²) in [4.78, 5) is 10.9. The van der Waals surface area contributed by atoms with Crippen LogP contribution in [-0.2, 0) is 0 Å². The highest BCUT2D eigenvalue weighted by Gasteiger charge is 2.09. The van der Waals surface area contributed by atoms with Crippen LogP contribution < -0.4 is 0 Å². The summed E-state index contributed by atoms with van der Waals surface area (Å²) in [5, 5.41) is 8.96. The van der Waals surface area contributed by atoms with E-state index < -0.39 is 5.97 Å². The fraction of sp³-hybridized carbons (Fsp3) is 0. The van der Waals surface area contributed by atoms with E-state index in [1.807, 2.05) is 30.3 Å². The molecule has 0 fully saturated rings. The average molecular weight is 222 g/mol. The molecule has 0 aromatic heterocycles. The van der Waals surface area contributed by atoms with E-state index in [9.17, 15) is 4.79 Å². The van der Waals surface area contributed by atoms with E-state index in [-0.39, 0.29) is 5.56 Å². The van der Waals surface area contributed by atoms with Gasteiger partial charge in [-0.05, 0) is 23.3 Å². The Kier molecular flexibility index (Phi) is 2.93. The molecule has 2 aromatic rings. The lowest BCUT2D eigenvalue weighted by Crippen LogP contribution is -2.00. The summed E-state index contributed by atoms with van der Waals surface area (Å²) in [5.74, 6) is 1.40. The summed E-state index contributed by atoms with van der Waals surface area (Å²) < 4.78 is 0. The predicted molar refractivity (Wildman–Crippen MR) is 66.8 cm³/mol. The third-order valence-electron chi connectivity index (χ3n) is 2.51. The average Bonchev–Trinajstić information content (AvgIpc) is 2.39. The summed E-state index contributed by atoms with van der Waals surface area (Å²) >= 11 is 0. The van der Waals surface area contributed by atoms with Gasteiger partial charge in [0.1, 0.15) is 0 Å². The van der Waals surface area contributed by atoms with Gasteiger partial charge in [-0.1, -0.05) is 42.3 Å². The van der Waals surface area contributed by atoms with Crippen LogP contribution in [0.15, 0.2) is 48.5 Å². The lowest BCUT2D eigenvalue weighted by molar-refractivity contribution is 0.0696. The molecule has 0 aliphatic rings. The maximum absolute atomic E-state index is 10.9. The first kappa shape index (κ1) is 11.0. The molecule has 0 heterocycles. The molecule has 2 rings (SSSR count). The minimum absolute atomic E-state index is 0.159. The van der Waals surface area contributed by atoms with Crippen molar-refractivity contribution in [2.45, 2.75) is 0 Å². The molecule has 0 bridgehead atoms. The number of rotatable bonds is 2. The van der Waals surface area contributed by atoms with Gasteiger partial charge in [-0.3, -0.25) is 0 Å². The third-order valence-corrected chi connectivity index (χ3v) is 2.51. The SMILES string of the molecule is C#Cc1cc(-c2ccccc2)ccc1C(=O)O. The Morgan fingerprint density at radius 3 is 2.35 bits per heavy atom. The molecule has 0 spiro atoms. The van der Waals surface area contributed by atoms with Crippen LogP contribution in [0.3, 0.4) is 0 Å². The van der Waals surface area contributed by atoms with Crippen molar-refractivity contribution in [3.8, 4) is 23.5 Å². The van der Waals surface area contributed by atoms with Gasteiger partial charge in [-0.2, -0.15) is 0 Å². The molecule has 0 saturated carbocycles. The molecule has 0 saturated heterocycles. The van der Waals surface area contributed by atoms with E-state index in [2.05, 4.69) is 5.92 Å². The summed E-state index contributed by atoms with van der Waals surface area (Å²) in [7, 11) is 0. The fourth-order valence-electron chi connectivity index (χ4n) is 1.66. The second-order valence-corrected chi connectivity index (χ2v) is 3.58. The molecule has 17 heavy (non-hydrogen) atoms. The number of carboxylic acids is 1. The Bertz CT molecular complexity index is 592. The maximum atomic E-state index is 10.9. The van der Waals surface area contributed by atoms with Gasteiger partial charge in [-0.25, -0.2) is 4.79 Å². The van der Waals surface area contributed by atoms with Gasteiger partial charge in [0.05, 0.1) is 5.56 Å². The normalized spacial score (nSPS) is 9.59. The molecule has 0 atom stereocenters. The molecule has 2 nitrogen and oxygen atoms in total. The van der Waals surface area contributed by atoms with Crippen LogP contribution >= 0.6 is 0 Å². The molecular weight excluding hydrogens is 212 g/mol. The van der Waals surface area contributed by atoms with Crippen LogP contribution in [0.4, 0.5) is 0 Å². The lowest BCUT2D eigenvalue weighted by atomic mass is 9.99. The summed E-state index contributed by atoms with van der Waals surface area (Å²) in [6, 6.07) is 14.7. The van der Waals surface area contributed by atoms with Crippen LogP contribution in [0.2, 0.25) is 0 Å². The monoisotopic (exact) mass is 222 g/mol. The quantitative estimate of drug-likeness (QED) is 0.793. The van der Waals surface area contributed by atoms with Crippen LogP contribution in [0, 0.1) is 12.3 Å². The Morgan fingerprint density at radius 1 is 1.06 bits per heavy atom. The van der Waals surface area contributed by atoms with Crippen molar-refractivity contribution in [1.82, 2.24) is 0 Å². The number of hydrogen-bond acceptors (Lipinski definition) is 1. The van der Waals surface area contributed by atoms with Crippen molar-refractivity contribution in [1.29, 1.82) is 0 Å². The van der Waals surface area contributed by atoms with Gasteiger partial charge in [-0.15, -0.1) is 6.42 Å². The smallest absolute Gasteiger partial charge is 0.336 e. The van der Waals surface area contributed by atoms with E-state index in [1.165, 1.54) is 0 Å². The Hall–Kier alpha value is -2.53. The van der Waals surface area contributed by atoms with E-state index >= 15 is 0 Å². The molecular formula is C15H10O2. The van der Waals surface area contributed by atoms with Crippen LogP contribution in [0.25, 0.3) is 11.1 Å². The van der Waals surface area contributed by atoms with Crippen molar-refractivity contribution in [2.24, 2.45) is 0 Å². The minimum atomic E-state index is -1.00. The largest absolute Gasteiger partial charge is 0.478 e. The maximum Gasteiger partial charge on any atom is 0.336 e. The highest BCUT2D eigenvalue weighted by atomic mass is 16.4. The zero-order chi connectivity index (χ0) is 12.3. The van der Waals surface area contributed by atoms with Gasteiger partial charge >= 0.3 is 5.97 Å². The first-order chi connectivity index (χ1) is 8.22. The molecule has 0 unspecified atom stereocenters. The van der Waals surface area contributed by atoms with E-state index in [0.29, 0.717) is 5.56 Å². The fourth-order valence-corrected chi connectivity index (χ4v) is 1.66. The number of carboxylic acid groups (broad SMARTS) is 1. The van der Waals surface area contributed by atoms with Crippen molar-refractivity contribution in [3.63, 3.8) is 0 Å². The number of carbonyl (C=O) groups is 1. The van der Waals surface area contributed by atoms with Gasteiger partial charge < -0.3 is 5.11 Å². The molecule has 2 aromatic carbocycles. The Labute approximate surface area is 99.5 Å². The van der Waals surface area contributed by atoms with E-state index in [4.69, 9.17) is 11.5 Å². The molecule has 2 heteroatoms.